The molecule has 3 nitrogen and oxygen atoms in total. The first-order chi connectivity index (χ1) is 6.86. The molecule has 1 fully saturated rings. The molecular weight excluding hydrogens is 174 g/mol. The molecule has 3 heteroatoms. The fourth-order valence-corrected chi connectivity index (χ4v) is 2.09. The normalized spacial score (nSPS) is 19.8. The summed E-state index contributed by atoms with van der Waals surface area (Å²) in [6.07, 6.45) is 8.78. The molecule has 0 aromatic carbocycles. The molecule has 0 aliphatic heterocycles. The van der Waals surface area contributed by atoms with Crippen molar-refractivity contribution in [2.45, 2.75) is 44.7 Å². The molecule has 0 amide bonds. The van der Waals surface area contributed by atoms with Crippen LogP contribution in [-0.4, -0.2) is 16.0 Å². The molecular formula is C11H17N3. The first kappa shape index (κ1) is 9.59. The van der Waals surface area contributed by atoms with E-state index in [1.165, 1.54) is 25.7 Å². The lowest BCUT2D eigenvalue weighted by Crippen LogP contribution is -2.29. The second-order valence-electron chi connectivity index (χ2n) is 4.00. The topological polar surface area (TPSA) is 37.8 Å². The molecule has 2 rings (SSSR count). The van der Waals surface area contributed by atoms with Gasteiger partial charge in [0, 0.05) is 18.3 Å². The van der Waals surface area contributed by atoms with Gasteiger partial charge in [0.05, 0.1) is 5.69 Å². The molecule has 0 saturated heterocycles. The van der Waals surface area contributed by atoms with Gasteiger partial charge < -0.3 is 5.32 Å². The van der Waals surface area contributed by atoms with Crippen LogP contribution in [0.15, 0.2) is 18.6 Å². The summed E-state index contributed by atoms with van der Waals surface area (Å²) in [7, 11) is 0. The Bertz CT molecular complexity index is 267. The van der Waals surface area contributed by atoms with Crippen molar-refractivity contribution in [3.05, 3.63) is 24.3 Å². The van der Waals surface area contributed by atoms with E-state index in [4.69, 9.17) is 0 Å². The van der Waals surface area contributed by atoms with Gasteiger partial charge in [0.15, 0.2) is 0 Å². The number of hydrogen-bond donors (Lipinski definition) is 1. The summed E-state index contributed by atoms with van der Waals surface area (Å²) in [6.45, 7) is 2.17. The lowest BCUT2D eigenvalue weighted by Gasteiger charge is -2.18. The largest absolute Gasteiger partial charge is 0.306 e. The quantitative estimate of drug-likeness (QED) is 0.794. The van der Waals surface area contributed by atoms with E-state index in [2.05, 4.69) is 22.2 Å². The zero-order valence-corrected chi connectivity index (χ0v) is 8.61. The van der Waals surface area contributed by atoms with E-state index < -0.39 is 0 Å². The molecule has 0 radical (unpaired) electrons. The Morgan fingerprint density at radius 3 is 2.86 bits per heavy atom. The first-order valence-corrected chi connectivity index (χ1v) is 5.38. The van der Waals surface area contributed by atoms with Crippen LogP contribution in [0.25, 0.3) is 0 Å². The number of nitrogens with one attached hydrogen (secondary N) is 1. The SMILES string of the molecule is CC(NC1CCCC1)c1ccncn1. The third-order valence-corrected chi connectivity index (χ3v) is 2.89. The van der Waals surface area contributed by atoms with E-state index in [1.54, 1.807) is 12.5 Å². The van der Waals surface area contributed by atoms with Crippen LogP contribution < -0.4 is 5.32 Å². The van der Waals surface area contributed by atoms with Crippen LogP contribution in [0.5, 0.6) is 0 Å². The highest BCUT2D eigenvalue weighted by atomic mass is 15.0. The number of aromatic nitrogens is 2. The van der Waals surface area contributed by atoms with Crippen LogP contribution in [0.1, 0.15) is 44.3 Å². The van der Waals surface area contributed by atoms with E-state index >= 15 is 0 Å². The van der Waals surface area contributed by atoms with Gasteiger partial charge >= 0.3 is 0 Å². The second-order valence-corrected chi connectivity index (χ2v) is 4.00. The minimum atomic E-state index is 0.348. The van der Waals surface area contributed by atoms with Crippen molar-refractivity contribution in [3.8, 4) is 0 Å². The monoisotopic (exact) mass is 191 g/mol. The van der Waals surface area contributed by atoms with Crippen molar-refractivity contribution in [3.63, 3.8) is 0 Å². The van der Waals surface area contributed by atoms with Gasteiger partial charge in [0.2, 0.25) is 0 Å². The number of hydrogen-bond acceptors (Lipinski definition) is 3. The Morgan fingerprint density at radius 2 is 2.21 bits per heavy atom. The van der Waals surface area contributed by atoms with Crippen LogP contribution in [0.3, 0.4) is 0 Å². The summed E-state index contributed by atoms with van der Waals surface area (Å²) in [5, 5.41) is 3.60. The van der Waals surface area contributed by atoms with Crippen LogP contribution in [0, 0.1) is 0 Å². The average molecular weight is 191 g/mol. The smallest absolute Gasteiger partial charge is 0.115 e. The summed E-state index contributed by atoms with van der Waals surface area (Å²) < 4.78 is 0. The summed E-state index contributed by atoms with van der Waals surface area (Å²) >= 11 is 0. The average Bonchev–Trinajstić information content (AvgIpc) is 2.72. The van der Waals surface area contributed by atoms with Crippen molar-refractivity contribution in [2.75, 3.05) is 0 Å². The molecule has 1 aliphatic rings. The van der Waals surface area contributed by atoms with E-state index in [1.807, 2.05) is 6.07 Å². The highest BCUT2D eigenvalue weighted by Gasteiger charge is 2.17. The molecule has 14 heavy (non-hydrogen) atoms. The summed E-state index contributed by atoms with van der Waals surface area (Å²) in [4.78, 5) is 8.17. The van der Waals surface area contributed by atoms with Gasteiger partial charge in [-0.2, -0.15) is 0 Å². The van der Waals surface area contributed by atoms with Crippen LogP contribution in [-0.2, 0) is 0 Å². The maximum atomic E-state index is 4.25. The van der Waals surface area contributed by atoms with Gasteiger partial charge in [-0.3, -0.25) is 0 Å². The van der Waals surface area contributed by atoms with Gasteiger partial charge in [-0.1, -0.05) is 12.8 Å². The molecule has 1 heterocycles. The minimum Gasteiger partial charge on any atom is -0.306 e. The van der Waals surface area contributed by atoms with Gasteiger partial charge in [-0.15, -0.1) is 0 Å². The highest BCUT2D eigenvalue weighted by molar-refractivity contribution is 5.03. The zero-order valence-electron chi connectivity index (χ0n) is 8.61. The first-order valence-electron chi connectivity index (χ1n) is 5.38. The number of nitrogens with zero attached hydrogens (tertiary/aromatic N) is 2. The lowest BCUT2D eigenvalue weighted by molar-refractivity contribution is 0.454. The molecule has 1 atom stereocenters. The number of rotatable bonds is 3. The van der Waals surface area contributed by atoms with Gasteiger partial charge in [-0.25, -0.2) is 9.97 Å². The van der Waals surface area contributed by atoms with E-state index in [0.29, 0.717) is 12.1 Å². The van der Waals surface area contributed by atoms with Crippen molar-refractivity contribution < 1.29 is 0 Å². The molecule has 76 valence electrons. The highest BCUT2D eigenvalue weighted by Crippen LogP contribution is 2.20. The Kier molecular flexibility index (Phi) is 3.09. The van der Waals surface area contributed by atoms with Crippen molar-refractivity contribution >= 4 is 0 Å². The Balaban J connectivity index is 1.92. The van der Waals surface area contributed by atoms with Crippen LogP contribution in [0.4, 0.5) is 0 Å². The van der Waals surface area contributed by atoms with Gasteiger partial charge in [-0.05, 0) is 25.8 Å². The molecule has 1 unspecified atom stereocenters. The van der Waals surface area contributed by atoms with E-state index in [-0.39, 0.29) is 0 Å². The van der Waals surface area contributed by atoms with E-state index in [0.717, 1.165) is 5.69 Å². The van der Waals surface area contributed by atoms with Crippen LogP contribution >= 0.6 is 0 Å². The fraction of sp³-hybridized carbons (Fsp3) is 0.636. The van der Waals surface area contributed by atoms with Gasteiger partial charge in [0.1, 0.15) is 6.33 Å². The molecule has 0 bridgehead atoms. The maximum Gasteiger partial charge on any atom is 0.115 e. The van der Waals surface area contributed by atoms with Crippen molar-refractivity contribution in [1.82, 2.24) is 15.3 Å². The van der Waals surface area contributed by atoms with Crippen molar-refractivity contribution in [2.24, 2.45) is 0 Å². The van der Waals surface area contributed by atoms with E-state index in [9.17, 15) is 0 Å². The van der Waals surface area contributed by atoms with Gasteiger partial charge in [0.25, 0.3) is 0 Å². The Labute approximate surface area is 85.0 Å². The summed E-state index contributed by atoms with van der Waals surface area (Å²) in [6, 6.07) is 3.02. The van der Waals surface area contributed by atoms with Crippen LogP contribution in [0.2, 0.25) is 0 Å². The molecule has 1 aromatic rings. The summed E-state index contributed by atoms with van der Waals surface area (Å²) in [5.74, 6) is 0. The third-order valence-electron chi connectivity index (χ3n) is 2.89. The molecule has 1 aliphatic carbocycles. The predicted molar refractivity (Wildman–Crippen MR) is 55.8 cm³/mol. The molecule has 0 spiro atoms. The Morgan fingerprint density at radius 1 is 1.43 bits per heavy atom. The molecule has 1 aromatic heterocycles. The summed E-state index contributed by atoms with van der Waals surface area (Å²) in [5.41, 5.74) is 1.09. The lowest BCUT2D eigenvalue weighted by atomic mass is 10.1. The second kappa shape index (κ2) is 4.51. The minimum absolute atomic E-state index is 0.348. The zero-order chi connectivity index (χ0) is 9.80. The third kappa shape index (κ3) is 2.29. The standard InChI is InChI=1S/C11H17N3/c1-9(11-6-7-12-8-13-11)14-10-4-2-3-5-10/h6-10,14H,2-5H2,1H3. The maximum absolute atomic E-state index is 4.25. The molecule has 1 N–H and O–H groups in total. The fourth-order valence-electron chi connectivity index (χ4n) is 2.09. The predicted octanol–water partition coefficient (Wildman–Crippen LogP) is 2.07. The van der Waals surface area contributed by atoms with Crippen molar-refractivity contribution in [1.29, 1.82) is 0 Å². The Hall–Kier alpha value is -0.960. The molecule has 1 saturated carbocycles.